The van der Waals surface area contributed by atoms with Gasteiger partial charge in [-0.1, -0.05) is 9.65 Å². The summed E-state index contributed by atoms with van der Waals surface area (Å²) in [7, 11) is -1.80. The van der Waals surface area contributed by atoms with E-state index >= 15 is 0 Å². The Kier molecular flexibility index (Phi) is 12.8. The van der Waals surface area contributed by atoms with Gasteiger partial charge < -0.3 is 20.8 Å². The van der Waals surface area contributed by atoms with E-state index in [0.717, 1.165) is 0 Å². The Morgan fingerprint density at radius 1 is 1.09 bits per heavy atom. The molecule has 0 heterocycles. The summed E-state index contributed by atoms with van der Waals surface area (Å²) in [6.45, 7) is 3.78. The number of carboxylic acids is 1. The quantitative estimate of drug-likeness (QED) is 0.250. The van der Waals surface area contributed by atoms with Crippen molar-refractivity contribution in [1.29, 1.82) is 0 Å². The molecule has 0 rings (SSSR count). The van der Waals surface area contributed by atoms with Crippen LogP contribution in [-0.2, 0) is 18.9 Å². The number of carboxylic acid groups (broad SMARTS) is 1. The van der Waals surface area contributed by atoms with Crippen LogP contribution in [0.4, 0.5) is 0 Å². The molecule has 0 aliphatic heterocycles. The van der Waals surface area contributed by atoms with Gasteiger partial charge in [0.25, 0.3) is 0 Å². The molecule has 11 heteroatoms. The van der Waals surface area contributed by atoms with Gasteiger partial charge in [-0.05, 0) is 20.3 Å². The third-order valence-electron chi connectivity index (χ3n) is 2.55. The first-order valence-corrected chi connectivity index (χ1v) is 8.01. The van der Waals surface area contributed by atoms with E-state index in [9.17, 15) is 18.9 Å². The van der Waals surface area contributed by atoms with E-state index in [1.165, 1.54) is 20.5 Å². The Hall–Kier alpha value is -0.570. The Morgan fingerprint density at radius 3 is 2.00 bits per heavy atom. The summed E-state index contributed by atoms with van der Waals surface area (Å²) in [5.41, 5.74) is 0. The van der Waals surface area contributed by atoms with Crippen molar-refractivity contribution in [3.8, 4) is 0 Å². The molecule has 0 spiro atoms. The van der Waals surface area contributed by atoms with Crippen LogP contribution < -0.4 is 15.7 Å². The zero-order valence-corrected chi connectivity index (χ0v) is 16.0. The van der Waals surface area contributed by atoms with Crippen molar-refractivity contribution in [2.24, 2.45) is 0 Å². The van der Waals surface area contributed by atoms with E-state index in [0.29, 0.717) is 0 Å². The molecule has 121 valence electrons. The smallest absolute Gasteiger partial charge is 0.429 e. The van der Waals surface area contributed by atoms with Crippen LogP contribution in [-0.4, -0.2) is 89.0 Å². The van der Waals surface area contributed by atoms with E-state index in [-0.39, 0.29) is 42.6 Å². The Balaban J connectivity index is 0. The van der Waals surface area contributed by atoms with Crippen LogP contribution in [0.3, 0.4) is 0 Å². The minimum atomic E-state index is -1.80. The molecule has 1 unspecified atom stereocenters. The summed E-state index contributed by atoms with van der Waals surface area (Å²) in [6.07, 6.45) is 0.0423. The molecule has 0 saturated carbocycles. The van der Waals surface area contributed by atoms with Crippen LogP contribution >= 0.6 is 7.95 Å². The minimum Gasteiger partial charge on any atom is -0.480 e. The van der Waals surface area contributed by atoms with Crippen molar-refractivity contribution in [2.45, 2.75) is 38.4 Å². The van der Waals surface area contributed by atoms with Crippen LogP contribution in [0.2, 0.25) is 0 Å². The third-order valence-corrected chi connectivity index (χ3v) is 3.23. The van der Waals surface area contributed by atoms with Gasteiger partial charge in [-0.2, -0.15) is 0 Å². The zero-order chi connectivity index (χ0) is 16.6. The number of carbonyl (C=O) groups is 3. The molecular formula is C11H21N3NaO6P+. The van der Waals surface area contributed by atoms with Gasteiger partial charge in [-0.15, -0.1) is 0 Å². The molecule has 0 fully saturated rings. The largest absolute Gasteiger partial charge is 0.480 e. The average molecular weight is 345 g/mol. The monoisotopic (exact) mass is 345 g/mol. The van der Waals surface area contributed by atoms with Gasteiger partial charge in [0.1, 0.15) is 18.1 Å². The fraction of sp³-hybridized carbons (Fsp3) is 0.727. The molecule has 4 atom stereocenters. The summed E-state index contributed by atoms with van der Waals surface area (Å²) in [4.78, 5) is 34.2. The van der Waals surface area contributed by atoms with Crippen LogP contribution in [0.5, 0.6) is 0 Å². The maximum atomic E-state index is 11.9. The number of aliphatic hydroxyl groups is 1. The predicted molar refractivity (Wildman–Crippen MR) is 80.8 cm³/mol. The first-order chi connectivity index (χ1) is 9.68. The normalized spacial score (nSPS) is 14.8. The Morgan fingerprint density at radius 2 is 1.59 bits per heavy atom. The molecule has 0 aromatic heterocycles. The molecule has 0 saturated heterocycles. The topological polar surface area (TPSA) is 145 Å². The molecule has 9 nitrogen and oxygen atoms in total. The van der Waals surface area contributed by atoms with Crippen molar-refractivity contribution in [1.82, 2.24) is 15.7 Å². The number of carbonyl (C=O) groups excluding carboxylic acids is 2. The molecule has 22 heavy (non-hydrogen) atoms. The first kappa shape index (κ1) is 23.7. The summed E-state index contributed by atoms with van der Waals surface area (Å²) in [6, 6.07) is -2.93. The van der Waals surface area contributed by atoms with Gasteiger partial charge >= 0.3 is 13.9 Å². The molecule has 0 bridgehead atoms. The van der Waals surface area contributed by atoms with E-state index in [2.05, 4.69) is 15.7 Å². The van der Waals surface area contributed by atoms with Crippen LogP contribution in [0.25, 0.3) is 0 Å². The number of rotatable bonds is 9. The number of aliphatic hydroxyl groups excluding tert-OH is 1. The van der Waals surface area contributed by atoms with Crippen molar-refractivity contribution in [3.05, 3.63) is 0 Å². The molecule has 1 radical (unpaired) electrons. The number of amides is 2. The van der Waals surface area contributed by atoms with Crippen molar-refractivity contribution < 1.29 is 29.2 Å². The summed E-state index contributed by atoms with van der Waals surface area (Å²) >= 11 is 0. The summed E-state index contributed by atoms with van der Waals surface area (Å²) in [5.74, 6) is -2.44. The second-order valence-electron chi connectivity index (χ2n) is 4.49. The summed E-state index contributed by atoms with van der Waals surface area (Å²) < 4.78 is 11.1. The van der Waals surface area contributed by atoms with Crippen molar-refractivity contribution in [3.63, 3.8) is 0 Å². The number of nitrogens with one attached hydrogen (secondary N) is 3. The van der Waals surface area contributed by atoms with Gasteiger partial charge in [-0.25, -0.2) is 0 Å². The molecule has 0 aromatic rings. The Bertz CT molecular complexity index is 423. The number of hydrogen-bond acceptors (Lipinski definition) is 5. The van der Waals surface area contributed by atoms with E-state index < -0.39 is 43.9 Å². The van der Waals surface area contributed by atoms with E-state index in [1.54, 1.807) is 0 Å². The molecular weight excluding hydrogens is 324 g/mol. The van der Waals surface area contributed by atoms with Gasteiger partial charge in [0.2, 0.25) is 11.8 Å². The SMILES string of the molecule is C[C@H](NC(=O)[C@H](C)NC(=O)[C@H](CCO)N[P+](C)=O)C(=O)O.[Na]. The molecule has 2 amide bonds. The first-order valence-electron chi connectivity index (χ1n) is 6.30. The molecule has 0 aliphatic rings. The van der Waals surface area contributed by atoms with Crippen molar-refractivity contribution in [2.75, 3.05) is 13.3 Å². The molecule has 0 aliphatic carbocycles. The van der Waals surface area contributed by atoms with Gasteiger partial charge in [0.05, 0.1) is 0 Å². The van der Waals surface area contributed by atoms with Gasteiger partial charge in [0, 0.05) is 36.2 Å². The zero-order valence-electron chi connectivity index (χ0n) is 13.1. The second-order valence-corrected chi connectivity index (χ2v) is 5.74. The maximum Gasteiger partial charge on any atom is 0.429 e. The second kappa shape index (κ2) is 11.9. The van der Waals surface area contributed by atoms with E-state index in [4.69, 9.17) is 10.2 Å². The van der Waals surface area contributed by atoms with Crippen LogP contribution in [0.15, 0.2) is 0 Å². The molecule has 5 N–H and O–H groups in total. The minimum absolute atomic E-state index is 0. The van der Waals surface area contributed by atoms with Gasteiger partial charge in [-0.3, -0.25) is 14.4 Å². The third kappa shape index (κ3) is 9.45. The average Bonchev–Trinajstić information content (AvgIpc) is 2.37. The number of aliphatic carboxylic acids is 1. The molecule has 0 aromatic carbocycles. The van der Waals surface area contributed by atoms with Gasteiger partial charge in [0.15, 0.2) is 6.66 Å². The fourth-order valence-electron chi connectivity index (χ4n) is 1.38. The fourth-order valence-corrected chi connectivity index (χ4v) is 2.07. The van der Waals surface area contributed by atoms with Crippen molar-refractivity contribution >= 4 is 55.3 Å². The maximum absolute atomic E-state index is 11.9. The van der Waals surface area contributed by atoms with Crippen LogP contribution in [0.1, 0.15) is 20.3 Å². The standard InChI is InChI=1S/C11H20N3O6P.Na/c1-6(9(16)13-7(2)11(18)19)12-10(17)8(4-5-15)14-21(3)20;/h6-8,15H,4-5H2,1-3H3,(H3-,12,13,14,16,17,18,19,20);/p+1/t6-,7-,8-;/m0./s1. The predicted octanol–water partition coefficient (Wildman–Crippen LogP) is -1.59. The number of hydrogen-bond donors (Lipinski definition) is 5. The summed E-state index contributed by atoms with van der Waals surface area (Å²) in [5, 5.41) is 24.6. The van der Waals surface area contributed by atoms with E-state index in [1.807, 2.05) is 0 Å². The Labute approximate surface area is 151 Å². The van der Waals surface area contributed by atoms with Crippen LogP contribution in [0, 0.1) is 0 Å².